The van der Waals surface area contributed by atoms with E-state index in [0.29, 0.717) is 0 Å². The van der Waals surface area contributed by atoms with Crippen molar-refractivity contribution in [2.24, 2.45) is 0 Å². The molecule has 0 amide bonds. The van der Waals surface area contributed by atoms with E-state index in [1.165, 1.54) is 25.7 Å². The van der Waals surface area contributed by atoms with Crippen molar-refractivity contribution in [1.29, 1.82) is 0 Å². The molecule has 24 heavy (non-hydrogen) atoms. The molecule has 2 aromatic carbocycles. The molecule has 0 aromatic heterocycles. The van der Waals surface area contributed by atoms with Crippen LogP contribution in [0, 0.1) is 0 Å². The second-order valence-electron chi connectivity index (χ2n) is 5.87. The van der Waals surface area contributed by atoms with Crippen LogP contribution in [-0.4, -0.2) is 33.9 Å². The van der Waals surface area contributed by atoms with Crippen molar-refractivity contribution in [3.05, 3.63) is 42.5 Å². The molecule has 0 unspecified atom stereocenters. The molecule has 0 bridgehead atoms. The van der Waals surface area contributed by atoms with Gasteiger partial charge in [-0.2, -0.15) is 8.42 Å². The van der Waals surface area contributed by atoms with E-state index in [4.69, 9.17) is 4.18 Å². The molecule has 0 spiro atoms. The molecular formula is C19H26LiO3S. The molecule has 0 atom stereocenters. The van der Waals surface area contributed by atoms with Gasteiger partial charge in [0.15, 0.2) is 0 Å². The van der Waals surface area contributed by atoms with Crippen molar-refractivity contribution in [3.8, 4) is 0 Å². The second-order valence-corrected chi connectivity index (χ2v) is 7.46. The van der Waals surface area contributed by atoms with Crippen LogP contribution in [0.4, 0.5) is 0 Å². The maximum absolute atomic E-state index is 12.4. The van der Waals surface area contributed by atoms with Gasteiger partial charge in [-0.3, -0.25) is 4.18 Å². The predicted molar refractivity (Wildman–Crippen MR) is 101 cm³/mol. The summed E-state index contributed by atoms with van der Waals surface area (Å²) in [4.78, 5) is 0.263. The summed E-state index contributed by atoms with van der Waals surface area (Å²) in [5.74, 6) is 0. The number of hydrogen-bond acceptors (Lipinski definition) is 3. The zero-order chi connectivity index (χ0) is 16.5. The van der Waals surface area contributed by atoms with E-state index in [-0.39, 0.29) is 30.4 Å². The summed E-state index contributed by atoms with van der Waals surface area (Å²) in [7, 11) is -3.69. The van der Waals surface area contributed by atoms with Crippen molar-refractivity contribution in [2.75, 3.05) is 6.61 Å². The molecule has 0 saturated carbocycles. The minimum absolute atomic E-state index is 0. The zero-order valence-corrected chi connectivity index (χ0v) is 15.6. The largest absolute Gasteiger partial charge is 0.297 e. The Morgan fingerprint density at radius 1 is 0.833 bits per heavy atom. The molecule has 127 valence electrons. The summed E-state index contributed by atoms with van der Waals surface area (Å²) in [6.45, 7) is 2.46. The molecule has 0 N–H and O–H groups in total. The van der Waals surface area contributed by atoms with E-state index >= 15 is 0 Å². The first kappa shape index (κ1) is 21.3. The van der Waals surface area contributed by atoms with E-state index in [2.05, 4.69) is 6.92 Å². The number of rotatable bonds is 10. The summed E-state index contributed by atoms with van der Waals surface area (Å²) in [6.07, 6.45) is 7.98. The number of hydrogen-bond donors (Lipinski definition) is 0. The molecule has 1 radical (unpaired) electrons. The minimum atomic E-state index is -3.69. The van der Waals surface area contributed by atoms with Crippen molar-refractivity contribution >= 4 is 39.8 Å². The Bertz CT molecular complexity index is 708. The summed E-state index contributed by atoms with van der Waals surface area (Å²) < 4.78 is 30.0. The van der Waals surface area contributed by atoms with Gasteiger partial charge in [0, 0.05) is 24.2 Å². The molecule has 0 aliphatic rings. The van der Waals surface area contributed by atoms with E-state index in [1.54, 1.807) is 12.1 Å². The fourth-order valence-electron chi connectivity index (χ4n) is 2.70. The van der Waals surface area contributed by atoms with Crippen LogP contribution in [0.3, 0.4) is 0 Å². The van der Waals surface area contributed by atoms with E-state index in [0.717, 1.165) is 30.0 Å². The standard InChI is InChI=1S/C19H26O3S.Li/c1-2-3-4-5-6-7-10-16-22-23(20,21)19-15-11-13-17-12-8-9-14-18(17)19;/h8-9,11-15H,2-7,10,16H2,1H3;. The van der Waals surface area contributed by atoms with Gasteiger partial charge in [-0.05, 0) is 17.9 Å². The topological polar surface area (TPSA) is 43.4 Å². The van der Waals surface area contributed by atoms with Crippen molar-refractivity contribution in [2.45, 2.75) is 56.8 Å². The predicted octanol–water partition coefficient (Wildman–Crippen LogP) is 4.91. The molecule has 0 aliphatic carbocycles. The smallest absolute Gasteiger partial charge is 0.266 e. The summed E-state index contributed by atoms with van der Waals surface area (Å²) >= 11 is 0. The Labute approximate surface area is 158 Å². The number of fused-ring (bicyclic) bond motifs is 1. The quantitative estimate of drug-likeness (QED) is 0.350. The van der Waals surface area contributed by atoms with Gasteiger partial charge in [0.2, 0.25) is 0 Å². The van der Waals surface area contributed by atoms with Crippen molar-refractivity contribution in [3.63, 3.8) is 0 Å². The molecule has 2 rings (SSSR count). The molecule has 0 saturated heterocycles. The monoisotopic (exact) mass is 341 g/mol. The number of benzene rings is 2. The van der Waals surface area contributed by atoms with Crippen LogP contribution in [0.15, 0.2) is 47.4 Å². The molecule has 2 aromatic rings. The average molecular weight is 341 g/mol. The van der Waals surface area contributed by atoms with Crippen molar-refractivity contribution < 1.29 is 12.6 Å². The average Bonchev–Trinajstić information content (AvgIpc) is 2.56. The molecule has 3 nitrogen and oxygen atoms in total. The summed E-state index contributed by atoms with van der Waals surface area (Å²) in [5.41, 5.74) is 0. The van der Waals surface area contributed by atoms with Gasteiger partial charge < -0.3 is 0 Å². The first-order chi connectivity index (χ1) is 11.1. The first-order valence-corrected chi connectivity index (χ1v) is 9.93. The van der Waals surface area contributed by atoms with Gasteiger partial charge in [-0.25, -0.2) is 0 Å². The third-order valence-electron chi connectivity index (χ3n) is 4.01. The van der Waals surface area contributed by atoms with Gasteiger partial charge in [-0.15, -0.1) is 0 Å². The Morgan fingerprint density at radius 2 is 1.46 bits per heavy atom. The van der Waals surface area contributed by atoms with Gasteiger partial charge >= 0.3 is 0 Å². The van der Waals surface area contributed by atoms with Crippen molar-refractivity contribution in [1.82, 2.24) is 0 Å². The summed E-state index contributed by atoms with van der Waals surface area (Å²) in [5, 5.41) is 1.63. The van der Waals surface area contributed by atoms with Crippen LogP contribution in [0.1, 0.15) is 51.9 Å². The molecular weight excluding hydrogens is 315 g/mol. The SMILES string of the molecule is CCCCCCCCCOS(=O)(=O)c1cccc2ccccc12.[Li]. The van der Waals surface area contributed by atoms with Gasteiger partial charge in [-0.1, -0.05) is 81.8 Å². The molecule has 5 heteroatoms. The Balaban J connectivity index is 0.00000288. The number of unbranched alkanes of at least 4 members (excludes halogenated alkanes) is 6. The van der Waals surface area contributed by atoms with E-state index < -0.39 is 10.1 Å². The molecule has 0 heterocycles. The van der Waals surface area contributed by atoms with Crippen LogP contribution in [0.2, 0.25) is 0 Å². The van der Waals surface area contributed by atoms with Gasteiger partial charge in [0.05, 0.1) is 6.61 Å². The molecule has 0 aliphatic heterocycles. The van der Waals surface area contributed by atoms with E-state index in [9.17, 15) is 8.42 Å². The fraction of sp³-hybridized carbons (Fsp3) is 0.474. The van der Waals surface area contributed by atoms with E-state index in [1.807, 2.05) is 30.3 Å². The Morgan fingerprint density at radius 3 is 2.21 bits per heavy atom. The minimum Gasteiger partial charge on any atom is -0.266 e. The fourth-order valence-corrected chi connectivity index (χ4v) is 3.87. The maximum Gasteiger partial charge on any atom is 0.297 e. The van der Waals surface area contributed by atoms with Crippen LogP contribution in [0.5, 0.6) is 0 Å². The first-order valence-electron chi connectivity index (χ1n) is 8.52. The Hall–Kier alpha value is -0.793. The van der Waals surface area contributed by atoms with Crippen LogP contribution in [0.25, 0.3) is 10.8 Å². The van der Waals surface area contributed by atoms with Crippen LogP contribution < -0.4 is 0 Å². The maximum atomic E-state index is 12.4. The third-order valence-corrected chi connectivity index (χ3v) is 5.38. The zero-order valence-electron chi connectivity index (χ0n) is 14.8. The second kappa shape index (κ2) is 10.9. The third kappa shape index (κ3) is 6.26. The summed E-state index contributed by atoms with van der Waals surface area (Å²) in [6, 6.07) is 12.7. The van der Waals surface area contributed by atoms with Crippen LogP contribution >= 0.6 is 0 Å². The Kier molecular flexibility index (Phi) is 9.69. The normalized spacial score (nSPS) is 11.4. The molecule has 0 fully saturated rings. The van der Waals surface area contributed by atoms with Crippen LogP contribution in [-0.2, 0) is 14.3 Å². The van der Waals surface area contributed by atoms with Gasteiger partial charge in [0.1, 0.15) is 4.90 Å². The van der Waals surface area contributed by atoms with Gasteiger partial charge in [0.25, 0.3) is 10.1 Å².